The number of likely N-dealkylation sites (N-methyl/N-ethyl adjacent to an activating group) is 1. The molecule has 0 radical (unpaired) electrons. The monoisotopic (exact) mass is 452 g/mol. The molecular formula is C24H28N4O3S. The highest BCUT2D eigenvalue weighted by Gasteiger charge is 2.23. The van der Waals surface area contributed by atoms with Crippen LogP contribution in [0.15, 0.2) is 47.3 Å². The number of carbonyl (C=O) groups excluding carboxylic acids is 1. The van der Waals surface area contributed by atoms with Crippen molar-refractivity contribution in [1.82, 2.24) is 19.8 Å². The predicted octanol–water partition coefficient (Wildman–Crippen LogP) is 3.33. The van der Waals surface area contributed by atoms with Crippen LogP contribution in [-0.4, -0.2) is 53.1 Å². The molecule has 2 heterocycles. The lowest BCUT2D eigenvalue weighted by molar-refractivity contribution is 0.0941. The van der Waals surface area contributed by atoms with E-state index in [0.29, 0.717) is 40.4 Å². The highest BCUT2D eigenvalue weighted by Crippen LogP contribution is 2.17. The van der Waals surface area contributed by atoms with Crippen molar-refractivity contribution in [1.29, 1.82) is 0 Å². The molecule has 1 saturated heterocycles. The second-order valence-electron chi connectivity index (χ2n) is 8.06. The third kappa shape index (κ3) is 4.61. The van der Waals surface area contributed by atoms with E-state index in [1.807, 2.05) is 24.3 Å². The number of amides is 1. The Balaban J connectivity index is 1.54. The molecule has 4 rings (SSSR count). The van der Waals surface area contributed by atoms with Crippen molar-refractivity contribution in [3.05, 3.63) is 68.7 Å². The normalized spacial score (nSPS) is 16.4. The number of hydrogen-bond donors (Lipinski definition) is 2. The van der Waals surface area contributed by atoms with Crippen LogP contribution in [-0.2, 0) is 6.54 Å². The van der Waals surface area contributed by atoms with Crippen LogP contribution < -0.4 is 15.6 Å². The Bertz CT molecular complexity index is 1230. The molecule has 1 aliphatic rings. The number of rotatable bonds is 7. The Labute approximate surface area is 192 Å². The van der Waals surface area contributed by atoms with E-state index in [1.165, 1.54) is 11.0 Å². The first-order chi connectivity index (χ1) is 15.5. The van der Waals surface area contributed by atoms with Gasteiger partial charge in [0.05, 0.1) is 24.6 Å². The van der Waals surface area contributed by atoms with Gasteiger partial charge in [0.1, 0.15) is 5.75 Å². The maximum Gasteiger partial charge on any atom is 0.262 e. The fourth-order valence-corrected chi connectivity index (χ4v) is 4.57. The van der Waals surface area contributed by atoms with Gasteiger partial charge in [-0.25, -0.2) is 0 Å². The first kappa shape index (κ1) is 22.2. The molecule has 1 fully saturated rings. The zero-order valence-corrected chi connectivity index (χ0v) is 19.2. The highest BCUT2D eigenvalue weighted by atomic mass is 32.1. The third-order valence-electron chi connectivity index (χ3n) is 6.15. The van der Waals surface area contributed by atoms with E-state index < -0.39 is 0 Å². The van der Waals surface area contributed by atoms with Crippen molar-refractivity contribution < 1.29 is 9.53 Å². The number of methoxy groups -OCH3 is 1. The summed E-state index contributed by atoms with van der Waals surface area (Å²) in [6, 6.07) is 13.0. The molecule has 32 heavy (non-hydrogen) atoms. The van der Waals surface area contributed by atoms with Gasteiger partial charge in [-0.3, -0.25) is 19.1 Å². The lowest BCUT2D eigenvalue weighted by Gasteiger charge is -2.22. The number of likely N-dealkylation sites (tertiary alicyclic amines) is 1. The molecule has 3 aromatic rings. The van der Waals surface area contributed by atoms with Crippen LogP contribution in [0.5, 0.6) is 5.75 Å². The summed E-state index contributed by atoms with van der Waals surface area (Å²) < 4.78 is 7.03. The summed E-state index contributed by atoms with van der Waals surface area (Å²) in [5.74, 6) is 0.613. The van der Waals surface area contributed by atoms with Crippen molar-refractivity contribution in [3.63, 3.8) is 0 Å². The number of aromatic nitrogens is 2. The van der Waals surface area contributed by atoms with Gasteiger partial charge in [0.15, 0.2) is 4.77 Å². The van der Waals surface area contributed by atoms with Crippen LogP contribution in [0.3, 0.4) is 0 Å². The van der Waals surface area contributed by atoms with Gasteiger partial charge in [0.25, 0.3) is 11.5 Å². The second-order valence-corrected chi connectivity index (χ2v) is 8.45. The van der Waals surface area contributed by atoms with E-state index >= 15 is 0 Å². The van der Waals surface area contributed by atoms with Gasteiger partial charge in [-0.1, -0.05) is 19.1 Å². The standard InChI is InChI=1S/C24H28N4O3S/c1-3-27-12-4-5-18(27)14-25-22(29)17-8-11-20-21(13-17)26-24(32)28(23(20)30)15-16-6-9-19(31-2)10-7-16/h6-11,13,18H,3-5,12,14-15H2,1-2H3,(H,25,29)(H,26,32)/t18-/m1/s1. The first-order valence-electron chi connectivity index (χ1n) is 10.9. The summed E-state index contributed by atoms with van der Waals surface area (Å²) in [6.45, 7) is 5.21. The molecule has 1 aliphatic heterocycles. The maximum absolute atomic E-state index is 13.1. The van der Waals surface area contributed by atoms with E-state index in [4.69, 9.17) is 17.0 Å². The van der Waals surface area contributed by atoms with Gasteiger partial charge in [-0.2, -0.15) is 0 Å². The van der Waals surface area contributed by atoms with Gasteiger partial charge in [-0.05, 0) is 74.0 Å². The molecule has 1 amide bonds. The average Bonchev–Trinajstić information content (AvgIpc) is 3.28. The molecule has 8 heteroatoms. The molecular weight excluding hydrogens is 424 g/mol. The van der Waals surface area contributed by atoms with Crippen LogP contribution in [0.2, 0.25) is 0 Å². The molecule has 0 spiro atoms. The molecule has 1 atom stereocenters. The topological polar surface area (TPSA) is 79.4 Å². The minimum Gasteiger partial charge on any atom is -0.497 e. The fraction of sp³-hybridized carbons (Fsp3) is 0.375. The second kappa shape index (κ2) is 9.67. The number of aromatic amines is 1. The van der Waals surface area contributed by atoms with Gasteiger partial charge < -0.3 is 15.0 Å². The highest BCUT2D eigenvalue weighted by molar-refractivity contribution is 7.71. The Morgan fingerprint density at radius 1 is 1.25 bits per heavy atom. The number of ether oxygens (including phenoxy) is 1. The maximum atomic E-state index is 13.1. The van der Waals surface area contributed by atoms with E-state index in [2.05, 4.69) is 22.1 Å². The Morgan fingerprint density at radius 2 is 2.03 bits per heavy atom. The molecule has 0 saturated carbocycles. The molecule has 2 N–H and O–H groups in total. The van der Waals surface area contributed by atoms with Crippen molar-refractivity contribution in [2.45, 2.75) is 32.4 Å². The lowest BCUT2D eigenvalue weighted by Crippen LogP contribution is -2.40. The van der Waals surface area contributed by atoms with Gasteiger partial charge in [0, 0.05) is 18.2 Å². The van der Waals surface area contributed by atoms with E-state index in [0.717, 1.165) is 30.8 Å². The van der Waals surface area contributed by atoms with Gasteiger partial charge >= 0.3 is 0 Å². The number of benzene rings is 2. The summed E-state index contributed by atoms with van der Waals surface area (Å²) in [7, 11) is 1.61. The Hall–Kier alpha value is -2.97. The minimum absolute atomic E-state index is 0.142. The smallest absolute Gasteiger partial charge is 0.262 e. The van der Waals surface area contributed by atoms with Crippen LogP contribution in [0.1, 0.15) is 35.7 Å². The third-order valence-corrected chi connectivity index (χ3v) is 6.47. The quantitative estimate of drug-likeness (QED) is 0.538. The summed E-state index contributed by atoms with van der Waals surface area (Å²) in [5, 5.41) is 3.54. The molecule has 2 aromatic carbocycles. The predicted molar refractivity (Wildman–Crippen MR) is 128 cm³/mol. The Kier molecular flexibility index (Phi) is 6.72. The minimum atomic E-state index is -0.184. The van der Waals surface area contributed by atoms with Crippen molar-refractivity contribution >= 4 is 29.0 Å². The summed E-state index contributed by atoms with van der Waals surface area (Å²) in [5.41, 5.74) is 1.83. The van der Waals surface area contributed by atoms with E-state index in [1.54, 1.807) is 25.3 Å². The Morgan fingerprint density at radius 3 is 2.75 bits per heavy atom. The summed E-state index contributed by atoms with van der Waals surface area (Å²) in [4.78, 5) is 31.3. The van der Waals surface area contributed by atoms with Crippen molar-refractivity contribution in [2.24, 2.45) is 0 Å². The summed E-state index contributed by atoms with van der Waals surface area (Å²) >= 11 is 5.45. The molecule has 168 valence electrons. The van der Waals surface area contributed by atoms with E-state index in [-0.39, 0.29) is 11.5 Å². The number of hydrogen-bond acceptors (Lipinski definition) is 5. The van der Waals surface area contributed by atoms with Crippen molar-refractivity contribution in [2.75, 3.05) is 26.7 Å². The average molecular weight is 453 g/mol. The van der Waals surface area contributed by atoms with Gasteiger partial charge in [-0.15, -0.1) is 0 Å². The molecule has 0 bridgehead atoms. The molecule has 0 aliphatic carbocycles. The SMILES string of the molecule is CCN1CCC[C@@H]1CNC(=O)c1ccc2c(=O)n(Cc3ccc(OC)cc3)c(=S)[nH]c2c1. The van der Waals surface area contributed by atoms with Gasteiger partial charge in [0.2, 0.25) is 0 Å². The number of H-pyrrole nitrogens is 1. The van der Waals surface area contributed by atoms with E-state index in [9.17, 15) is 9.59 Å². The number of nitrogens with one attached hydrogen (secondary N) is 2. The molecule has 0 unspecified atom stereocenters. The fourth-order valence-electron chi connectivity index (χ4n) is 4.31. The molecule has 1 aromatic heterocycles. The zero-order chi connectivity index (χ0) is 22.7. The zero-order valence-electron chi connectivity index (χ0n) is 18.4. The van der Waals surface area contributed by atoms with Crippen molar-refractivity contribution in [3.8, 4) is 5.75 Å². The number of fused-ring (bicyclic) bond motifs is 1. The lowest BCUT2D eigenvalue weighted by atomic mass is 10.1. The number of nitrogens with zero attached hydrogens (tertiary/aromatic N) is 2. The summed E-state index contributed by atoms with van der Waals surface area (Å²) in [6.07, 6.45) is 2.27. The van der Waals surface area contributed by atoms with Crippen LogP contribution in [0.4, 0.5) is 0 Å². The first-order valence-corrected chi connectivity index (χ1v) is 11.3. The molecule has 7 nitrogen and oxygen atoms in total. The van der Waals surface area contributed by atoms with Crippen LogP contribution >= 0.6 is 12.2 Å². The largest absolute Gasteiger partial charge is 0.497 e. The number of carbonyl (C=O) groups is 1. The van der Waals surface area contributed by atoms with Crippen LogP contribution in [0.25, 0.3) is 10.9 Å². The van der Waals surface area contributed by atoms with Crippen LogP contribution in [0, 0.1) is 4.77 Å².